The molecule has 1 atom stereocenters. The van der Waals surface area contributed by atoms with E-state index in [9.17, 15) is 18.0 Å². The molecule has 2 aromatic carbocycles. The zero-order valence-electron chi connectivity index (χ0n) is 16.3. The Balaban J connectivity index is 1.65. The van der Waals surface area contributed by atoms with E-state index in [2.05, 4.69) is 15.5 Å². The number of anilines is 2. The van der Waals surface area contributed by atoms with Crippen molar-refractivity contribution in [3.05, 3.63) is 54.1 Å². The molecule has 3 N–H and O–H groups in total. The Morgan fingerprint density at radius 2 is 1.76 bits per heavy atom. The maximum Gasteiger partial charge on any atom is 0.256 e. The molecular weight excluding hydrogens is 392 g/mol. The molecule has 8 nitrogen and oxygen atoms in total. The second-order valence-electron chi connectivity index (χ2n) is 6.91. The summed E-state index contributed by atoms with van der Waals surface area (Å²) in [5.74, 6) is -0.691. The summed E-state index contributed by atoms with van der Waals surface area (Å²) in [6.45, 7) is 3.52. The third kappa shape index (κ3) is 5.12. The first-order valence-corrected chi connectivity index (χ1v) is 10.8. The highest BCUT2D eigenvalue weighted by atomic mass is 32.2. The number of fused-ring (bicyclic) bond motifs is 1. The third-order valence-electron chi connectivity index (χ3n) is 4.57. The Kier molecular flexibility index (Phi) is 6.19. The highest BCUT2D eigenvalue weighted by Gasteiger charge is 2.25. The summed E-state index contributed by atoms with van der Waals surface area (Å²) in [6, 6.07) is 12.6. The highest BCUT2D eigenvalue weighted by molar-refractivity contribution is 7.89. The van der Waals surface area contributed by atoms with Gasteiger partial charge in [-0.05, 0) is 55.7 Å². The van der Waals surface area contributed by atoms with Gasteiger partial charge in [-0.3, -0.25) is 20.0 Å². The summed E-state index contributed by atoms with van der Waals surface area (Å²) in [5.41, 5.74) is 5.36. The van der Waals surface area contributed by atoms with Crippen molar-refractivity contribution in [2.45, 2.75) is 37.6 Å². The minimum absolute atomic E-state index is 0.00886. The lowest BCUT2D eigenvalue weighted by Gasteiger charge is -2.32. The van der Waals surface area contributed by atoms with Gasteiger partial charge in [-0.1, -0.05) is 18.2 Å². The quantitative estimate of drug-likeness (QED) is 0.666. The van der Waals surface area contributed by atoms with Crippen LogP contribution in [0, 0.1) is 0 Å². The van der Waals surface area contributed by atoms with Gasteiger partial charge in [0, 0.05) is 19.2 Å². The lowest BCUT2D eigenvalue weighted by atomic mass is 10.0. The van der Waals surface area contributed by atoms with Gasteiger partial charge < -0.3 is 5.32 Å². The number of carbonyl (C=O) groups excluding carboxylic acids is 2. The van der Waals surface area contributed by atoms with Gasteiger partial charge in [0.15, 0.2) is 0 Å². The molecular formula is C20H24N4O4S. The number of para-hydroxylation sites is 1. The van der Waals surface area contributed by atoms with E-state index >= 15 is 0 Å². The maximum atomic E-state index is 12.6. The number of hydrogen-bond acceptors (Lipinski definition) is 5. The predicted octanol–water partition coefficient (Wildman–Crippen LogP) is 1.80. The Morgan fingerprint density at radius 1 is 1.07 bits per heavy atom. The van der Waals surface area contributed by atoms with Crippen LogP contribution in [-0.4, -0.2) is 32.8 Å². The molecule has 9 heteroatoms. The van der Waals surface area contributed by atoms with Gasteiger partial charge in [-0.15, -0.1) is 0 Å². The van der Waals surface area contributed by atoms with Gasteiger partial charge in [0.25, 0.3) is 5.91 Å². The lowest BCUT2D eigenvalue weighted by Crippen LogP contribution is -2.52. The summed E-state index contributed by atoms with van der Waals surface area (Å²) in [7, 11) is -3.89. The molecule has 154 valence electrons. The molecule has 1 heterocycles. The average Bonchev–Trinajstić information content (AvgIpc) is 2.68. The molecule has 1 aliphatic heterocycles. The topological polar surface area (TPSA) is 108 Å². The Morgan fingerprint density at radius 3 is 2.45 bits per heavy atom. The third-order valence-corrected chi connectivity index (χ3v) is 6.12. The SMILES string of the molecule is CC(=O)Nc1ccc(S(=O)(=O)N[C@@H](C)C(=O)NN2CCCc3ccccc32)cc1. The molecule has 0 saturated carbocycles. The number of aryl methyl sites for hydroxylation is 1. The number of benzene rings is 2. The van der Waals surface area contributed by atoms with E-state index in [1.165, 1.54) is 38.1 Å². The molecule has 2 aromatic rings. The van der Waals surface area contributed by atoms with E-state index in [0.717, 1.165) is 24.1 Å². The smallest absolute Gasteiger partial charge is 0.256 e. The molecule has 1 aliphatic rings. The fourth-order valence-electron chi connectivity index (χ4n) is 3.15. The van der Waals surface area contributed by atoms with Crippen LogP contribution in [-0.2, 0) is 26.0 Å². The van der Waals surface area contributed by atoms with Crippen molar-refractivity contribution in [1.82, 2.24) is 10.1 Å². The number of nitrogens with one attached hydrogen (secondary N) is 3. The van der Waals surface area contributed by atoms with E-state index in [4.69, 9.17) is 0 Å². The first-order chi connectivity index (χ1) is 13.8. The van der Waals surface area contributed by atoms with E-state index in [-0.39, 0.29) is 10.8 Å². The molecule has 0 fully saturated rings. The molecule has 0 unspecified atom stereocenters. The van der Waals surface area contributed by atoms with Crippen LogP contribution < -0.4 is 20.5 Å². The van der Waals surface area contributed by atoms with Crippen molar-refractivity contribution in [3.8, 4) is 0 Å². The monoisotopic (exact) mass is 416 g/mol. The summed E-state index contributed by atoms with van der Waals surface area (Å²) >= 11 is 0. The van der Waals surface area contributed by atoms with Crippen LogP contribution in [0.1, 0.15) is 25.8 Å². The van der Waals surface area contributed by atoms with Crippen LogP contribution in [0.4, 0.5) is 11.4 Å². The van der Waals surface area contributed by atoms with Gasteiger partial charge in [-0.2, -0.15) is 4.72 Å². The van der Waals surface area contributed by atoms with Crippen LogP contribution in [0.15, 0.2) is 53.4 Å². The molecule has 2 amide bonds. The van der Waals surface area contributed by atoms with E-state index in [1.807, 2.05) is 24.3 Å². The molecule has 0 spiro atoms. The maximum absolute atomic E-state index is 12.6. The number of amides is 2. The predicted molar refractivity (Wildman–Crippen MR) is 111 cm³/mol. The molecule has 3 rings (SSSR count). The second kappa shape index (κ2) is 8.62. The molecule has 29 heavy (non-hydrogen) atoms. The summed E-state index contributed by atoms with van der Waals surface area (Å²) in [5, 5.41) is 4.33. The average molecular weight is 417 g/mol. The van der Waals surface area contributed by atoms with Gasteiger partial charge in [0.1, 0.15) is 0 Å². The van der Waals surface area contributed by atoms with Crippen molar-refractivity contribution < 1.29 is 18.0 Å². The van der Waals surface area contributed by atoms with Crippen molar-refractivity contribution >= 4 is 33.2 Å². The van der Waals surface area contributed by atoms with Gasteiger partial charge in [0.2, 0.25) is 15.9 Å². The molecule has 0 aliphatic carbocycles. The van der Waals surface area contributed by atoms with E-state index in [1.54, 1.807) is 5.01 Å². The Labute approximate surface area is 170 Å². The molecule has 0 radical (unpaired) electrons. The van der Waals surface area contributed by atoms with Crippen molar-refractivity contribution in [3.63, 3.8) is 0 Å². The van der Waals surface area contributed by atoms with Crippen LogP contribution >= 0.6 is 0 Å². The fraction of sp³-hybridized carbons (Fsp3) is 0.300. The minimum Gasteiger partial charge on any atom is -0.326 e. The zero-order chi connectivity index (χ0) is 21.0. The van der Waals surface area contributed by atoms with E-state index < -0.39 is 22.0 Å². The highest BCUT2D eigenvalue weighted by Crippen LogP contribution is 2.25. The largest absolute Gasteiger partial charge is 0.326 e. The Bertz CT molecular complexity index is 1010. The first kappa shape index (κ1) is 20.8. The second-order valence-corrected chi connectivity index (χ2v) is 8.62. The summed E-state index contributed by atoms with van der Waals surface area (Å²) in [6.07, 6.45) is 1.84. The number of nitrogens with zero attached hydrogens (tertiary/aromatic N) is 1. The van der Waals surface area contributed by atoms with Crippen molar-refractivity contribution in [2.75, 3.05) is 16.9 Å². The van der Waals surface area contributed by atoms with Gasteiger partial charge in [-0.25, -0.2) is 8.42 Å². The molecule has 0 saturated heterocycles. The minimum atomic E-state index is -3.89. The number of sulfonamides is 1. The lowest BCUT2D eigenvalue weighted by molar-refractivity contribution is -0.122. The number of carbonyl (C=O) groups is 2. The fourth-order valence-corrected chi connectivity index (χ4v) is 4.36. The van der Waals surface area contributed by atoms with Crippen LogP contribution in [0.25, 0.3) is 0 Å². The summed E-state index contributed by atoms with van der Waals surface area (Å²) < 4.78 is 27.6. The molecule has 0 bridgehead atoms. The summed E-state index contributed by atoms with van der Waals surface area (Å²) in [4.78, 5) is 23.7. The Hall–Kier alpha value is -2.91. The zero-order valence-corrected chi connectivity index (χ0v) is 17.1. The number of hydrazine groups is 1. The number of rotatable bonds is 6. The van der Waals surface area contributed by atoms with Crippen LogP contribution in [0.3, 0.4) is 0 Å². The van der Waals surface area contributed by atoms with Gasteiger partial charge >= 0.3 is 0 Å². The van der Waals surface area contributed by atoms with Crippen LogP contribution in [0.2, 0.25) is 0 Å². The normalized spacial score (nSPS) is 14.6. The number of hydrogen-bond donors (Lipinski definition) is 3. The van der Waals surface area contributed by atoms with Gasteiger partial charge in [0.05, 0.1) is 16.6 Å². The first-order valence-electron chi connectivity index (χ1n) is 9.32. The molecule has 0 aromatic heterocycles. The van der Waals surface area contributed by atoms with E-state index in [0.29, 0.717) is 12.2 Å². The van der Waals surface area contributed by atoms with Crippen molar-refractivity contribution in [2.24, 2.45) is 0 Å². The van der Waals surface area contributed by atoms with Crippen molar-refractivity contribution in [1.29, 1.82) is 0 Å². The van der Waals surface area contributed by atoms with Crippen LogP contribution in [0.5, 0.6) is 0 Å². The standard InChI is InChI=1S/C20H24N4O4S/c1-14(20(26)22-24-13-5-7-16-6-3-4-8-19(16)24)23-29(27,28)18-11-9-17(10-12-18)21-15(2)25/h3-4,6,8-12,14,23H,5,7,13H2,1-2H3,(H,21,25)(H,22,26)/t14-/m0/s1.